The van der Waals surface area contributed by atoms with Crippen LogP contribution < -0.4 is 0 Å². The number of rotatable bonds is 8. The summed E-state index contributed by atoms with van der Waals surface area (Å²) in [5.74, 6) is -16.2. The smallest absolute Gasteiger partial charge is 0.380 e. The lowest BCUT2D eigenvalue weighted by molar-refractivity contribution is -0.539. The molecule has 0 spiro atoms. The molecule has 9 rings (SSSR count). The lowest BCUT2D eigenvalue weighted by Crippen LogP contribution is -2.53. The Labute approximate surface area is 416 Å². The standard InChI is InChI=1S/C55H52F6N4O4S2/c1-29-31(3)45(70-43(29)37-21-13-33(14-22-37)35-17-25-39(26-18-35)47-62(66)49(5,6)50(7,8)63(47)67)41-42(54(58,59)55(60,61)53(41,56)57)46-32(4)30(2)44(71-46)38-23-15-34(16-24-38)36-19-27-40(28-20-36)48-64(68)51(9,10)52(11,12)65(48)69/h13-28H,1-12H3. The Kier molecular flexibility index (Phi) is 11.3. The second kappa shape index (κ2) is 16.0. The summed E-state index contributed by atoms with van der Waals surface area (Å²) in [7, 11) is 0. The molecular weight excluding hydrogens is 959 g/mol. The summed E-state index contributed by atoms with van der Waals surface area (Å²) in [6.07, 6.45) is 0. The van der Waals surface area contributed by atoms with Gasteiger partial charge >= 0.3 is 29.4 Å². The van der Waals surface area contributed by atoms with Crippen LogP contribution in [0.5, 0.6) is 0 Å². The van der Waals surface area contributed by atoms with Crippen LogP contribution in [0.3, 0.4) is 0 Å². The summed E-state index contributed by atoms with van der Waals surface area (Å²) in [4.78, 5) is 0.205. The monoisotopic (exact) mass is 1010 g/mol. The zero-order chi connectivity index (χ0) is 52.1. The van der Waals surface area contributed by atoms with Crippen LogP contribution in [0.1, 0.15) is 98.5 Å². The van der Waals surface area contributed by atoms with Gasteiger partial charge in [0.05, 0.1) is 22.3 Å². The predicted molar refractivity (Wildman–Crippen MR) is 268 cm³/mol. The highest BCUT2D eigenvalue weighted by molar-refractivity contribution is 7.18. The first-order valence-corrected chi connectivity index (χ1v) is 24.6. The van der Waals surface area contributed by atoms with Gasteiger partial charge in [-0.1, -0.05) is 82.9 Å². The maximum Gasteiger partial charge on any atom is 0.380 e. The highest BCUT2D eigenvalue weighted by atomic mass is 32.1. The molecular formula is C55H52F6N4O4S2. The number of hydrogen-bond donors (Lipinski definition) is 0. The number of halogens is 6. The number of nitrogens with zero attached hydrogens (tertiary/aromatic N) is 4. The van der Waals surface area contributed by atoms with Crippen molar-refractivity contribution < 1.29 is 46.2 Å². The zero-order valence-corrected chi connectivity index (χ0v) is 42.9. The Morgan fingerprint density at radius 1 is 0.394 bits per heavy atom. The van der Waals surface area contributed by atoms with Crippen LogP contribution in [0, 0.1) is 38.1 Å². The van der Waals surface area contributed by atoms with Gasteiger partial charge in [0.2, 0.25) is 0 Å². The van der Waals surface area contributed by atoms with Gasteiger partial charge in [0.1, 0.15) is 11.1 Å². The molecule has 2 radical (unpaired) electrons. The number of benzene rings is 4. The molecule has 4 heterocycles. The number of amidine groups is 2. The minimum absolute atomic E-state index is 0.00541. The fourth-order valence-corrected chi connectivity index (χ4v) is 12.3. The molecule has 71 heavy (non-hydrogen) atoms. The molecule has 2 aliphatic heterocycles. The Morgan fingerprint density at radius 3 is 0.859 bits per heavy atom. The molecule has 16 heteroatoms. The molecule has 0 amide bonds. The van der Waals surface area contributed by atoms with E-state index < -0.39 is 51.1 Å². The summed E-state index contributed by atoms with van der Waals surface area (Å²) >= 11 is 1.54. The molecule has 0 saturated carbocycles. The number of hydrogen-bond acceptors (Lipinski definition) is 6. The third-order valence-electron chi connectivity index (χ3n) is 16.1. The maximum absolute atomic E-state index is 16.3. The quantitative estimate of drug-likeness (QED) is 0.0861. The van der Waals surface area contributed by atoms with Crippen LogP contribution in [-0.4, -0.2) is 71.2 Å². The van der Waals surface area contributed by atoms with E-state index in [0.717, 1.165) is 64.5 Å². The molecule has 0 bridgehead atoms. The predicted octanol–water partition coefficient (Wildman–Crippen LogP) is 14.5. The van der Waals surface area contributed by atoms with E-state index in [1.807, 2.05) is 0 Å². The summed E-state index contributed by atoms with van der Waals surface area (Å²) in [5.41, 5.74) is -0.367. The lowest BCUT2D eigenvalue weighted by Gasteiger charge is -2.32. The Hall–Kier alpha value is -5.94. The van der Waals surface area contributed by atoms with Crippen LogP contribution in [0.4, 0.5) is 26.3 Å². The minimum Gasteiger partial charge on any atom is -0.714 e. The molecule has 0 N–H and O–H groups in total. The van der Waals surface area contributed by atoms with Crippen LogP contribution in [-0.2, 0) is 10.4 Å². The molecule has 0 saturated heterocycles. The van der Waals surface area contributed by atoms with E-state index in [1.165, 1.54) is 13.8 Å². The fourth-order valence-electron chi connectivity index (χ4n) is 9.50. The Balaban J connectivity index is 1.04. The first kappa shape index (κ1) is 50.0. The van der Waals surface area contributed by atoms with Gasteiger partial charge in [-0.3, -0.25) is 9.48 Å². The number of alkyl halides is 6. The Bertz CT molecular complexity index is 3040. The SMILES string of the molecule is Cc1c(C2=C(c3sc(-c4ccc(-c5ccc(C6=[N+]([O-])C(C)(C)C(C)(C)N6[O])cc5)cc4)c(C)c3C)C(F)(F)C(F)(F)C2(F)F)sc(-c2ccc(-c3ccc(C4=[N+]([O-])C(C)(C)C(C)(C)N4[O])cc3)cc2)c1C. The molecule has 0 fully saturated rings. The van der Waals surface area contributed by atoms with E-state index in [-0.39, 0.29) is 32.6 Å². The van der Waals surface area contributed by atoms with Gasteiger partial charge in [0, 0.05) is 29.9 Å². The van der Waals surface area contributed by atoms with E-state index in [9.17, 15) is 20.8 Å². The number of hydroxylamine groups is 6. The van der Waals surface area contributed by atoms with Crippen molar-refractivity contribution in [1.82, 2.24) is 10.1 Å². The van der Waals surface area contributed by atoms with Crippen molar-refractivity contribution >= 4 is 45.5 Å². The highest BCUT2D eigenvalue weighted by Crippen LogP contribution is 2.67. The van der Waals surface area contributed by atoms with Crippen molar-refractivity contribution in [3.63, 3.8) is 0 Å². The molecule has 1 aliphatic carbocycles. The van der Waals surface area contributed by atoms with Gasteiger partial charge in [0.15, 0.2) is 11.1 Å². The molecule has 6 aromatic rings. The molecule has 2 aromatic heterocycles. The van der Waals surface area contributed by atoms with Crippen molar-refractivity contribution in [1.29, 1.82) is 0 Å². The Morgan fingerprint density at radius 2 is 0.620 bits per heavy atom. The van der Waals surface area contributed by atoms with Gasteiger partial charge in [-0.2, -0.15) is 26.3 Å². The van der Waals surface area contributed by atoms with E-state index in [0.29, 0.717) is 43.1 Å². The van der Waals surface area contributed by atoms with Crippen molar-refractivity contribution in [3.8, 4) is 43.1 Å². The average molecular weight is 1010 g/mol. The topological polar surface area (TPSA) is 98.4 Å². The van der Waals surface area contributed by atoms with Crippen LogP contribution in [0.25, 0.3) is 54.3 Å². The second-order valence-corrected chi connectivity index (χ2v) is 22.9. The summed E-state index contributed by atoms with van der Waals surface area (Å²) in [6, 6.07) is 27.9. The lowest BCUT2D eigenvalue weighted by atomic mass is 9.84. The third-order valence-corrected chi connectivity index (χ3v) is 19.0. The molecule has 8 nitrogen and oxygen atoms in total. The van der Waals surface area contributed by atoms with Crippen LogP contribution in [0.15, 0.2) is 97.1 Å². The molecule has 4 aromatic carbocycles. The first-order valence-electron chi connectivity index (χ1n) is 23.0. The van der Waals surface area contributed by atoms with E-state index >= 15 is 26.3 Å². The number of thiophene rings is 2. The van der Waals surface area contributed by atoms with Crippen LogP contribution in [0.2, 0.25) is 0 Å². The molecule has 3 aliphatic rings. The molecule has 0 unspecified atom stereocenters. The number of allylic oxidation sites excluding steroid dienone is 2. The zero-order valence-electron chi connectivity index (χ0n) is 41.2. The summed E-state index contributed by atoms with van der Waals surface area (Å²) < 4.78 is 98.3. The summed E-state index contributed by atoms with van der Waals surface area (Å²) in [5, 5.41) is 54.3. The van der Waals surface area contributed by atoms with Crippen molar-refractivity contribution in [2.45, 2.75) is 123 Å². The minimum atomic E-state index is -5.74. The van der Waals surface area contributed by atoms with Gasteiger partial charge in [-0.15, -0.1) is 22.7 Å². The fraction of sp³-hybridized carbons (Fsp3) is 0.345. The summed E-state index contributed by atoms with van der Waals surface area (Å²) in [6.45, 7) is 20.0. The highest BCUT2D eigenvalue weighted by Gasteiger charge is 2.81. The third kappa shape index (κ3) is 6.83. The van der Waals surface area contributed by atoms with Gasteiger partial charge in [0.25, 0.3) is 0 Å². The van der Waals surface area contributed by atoms with E-state index in [1.54, 1.807) is 166 Å². The normalized spacial score (nSPS) is 20.5. The van der Waals surface area contributed by atoms with Crippen molar-refractivity contribution in [3.05, 3.63) is 151 Å². The maximum atomic E-state index is 16.3. The average Bonchev–Trinajstić information content (AvgIpc) is 3.89. The first-order chi connectivity index (χ1) is 32.8. The van der Waals surface area contributed by atoms with Gasteiger partial charge in [-0.25, -0.2) is 0 Å². The van der Waals surface area contributed by atoms with Gasteiger partial charge < -0.3 is 10.4 Å². The molecule has 370 valence electrons. The molecule has 0 atom stereocenters. The second-order valence-electron chi connectivity index (χ2n) is 20.9. The van der Waals surface area contributed by atoms with E-state index in [2.05, 4.69) is 0 Å². The van der Waals surface area contributed by atoms with Crippen molar-refractivity contribution in [2.75, 3.05) is 0 Å². The van der Waals surface area contributed by atoms with E-state index in [4.69, 9.17) is 0 Å². The van der Waals surface area contributed by atoms with Crippen molar-refractivity contribution in [2.24, 2.45) is 0 Å². The largest absolute Gasteiger partial charge is 0.714 e. The van der Waals surface area contributed by atoms with Gasteiger partial charge in [-0.05, 0) is 163 Å². The van der Waals surface area contributed by atoms with Crippen LogP contribution >= 0.6 is 22.7 Å².